The van der Waals surface area contributed by atoms with E-state index in [1.807, 2.05) is 0 Å². The molecule has 0 radical (unpaired) electrons. The van der Waals surface area contributed by atoms with Gasteiger partial charge in [0.25, 0.3) is 0 Å². The van der Waals surface area contributed by atoms with Gasteiger partial charge in [-0.3, -0.25) is 4.55 Å². The summed E-state index contributed by atoms with van der Waals surface area (Å²) >= 11 is 0. The lowest BCUT2D eigenvalue weighted by Gasteiger charge is -2.20. The zero-order chi connectivity index (χ0) is 13.6. The molecule has 0 aliphatic carbocycles. The van der Waals surface area contributed by atoms with Crippen LogP contribution in [-0.4, -0.2) is 63.1 Å². The summed E-state index contributed by atoms with van der Waals surface area (Å²) in [6.07, 6.45) is 4.73. The molecule has 0 spiro atoms. The third-order valence-electron chi connectivity index (χ3n) is 2.80. The van der Waals surface area contributed by atoms with E-state index in [2.05, 4.69) is 14.6 Å². The molecule has 2 amide bonds. The Kier molecular flexibility index (Phi) is 2.55. The van der Waals surface area contributed by atoms with Gasteiger partial charge in [-0.05, 0) is 6.08 Å². The summed E-state index contributed by atoms with van der Waals surface area (Å²) in [5, 5.41) is 8.07. The Morgan fingerprint density at radius 3 is 2.89 bits per heavy atom. The van der Waals surface area contributed by atoms with Crippen LogP contribution in [0.1, 0.15) is 0 Å². The predicted octanol–water partition coefficient (Wildman–Crippen LogP) is -1.03. The van der Waals surface area contributed by atoms with Crippen molar-refractivity contribution in [3.05, 3.63) is 18.5 Å². The summed E-state index contributed by atoms with van der Waals surface area (Å²) in [7, 11) is -4.74. The normalized spacial score (nSPS) is 22.9. The molecule has 102 valence electrons. The number of fused-ring (bicyclic) bond motifs is 2. The quantitative estimate of drug-likeness (QED) is 0.706. The summed E-state index contributed by atoms with van der Waals surface area (Å²) < 4.78 is 35.8. The summed E-state index contributed by atoms with van der Waals surface area (Å²) in [4.78, 5) is 13.2. The molecule has 3 heterocycles. The van der Waals surface area contributed by atoms with E-state index in [1.165, 1.54) is 15.8 Å². The zero-order valence-electron chi connectivity index (χ0n) is 9.45. The van der Waals surface area contributed by atoms with Gasteiger partial charge in [-0.1, -0.05) is 5.21 Å². The second kappa shape index (κ2) is 4.01. The van der Waals surface area contributed by atoms with Crippen molar-refractivity contribution in [2.45, 2.75) is 6.04 Å². The number of urea groups is 1. The Morgan fingerprint density at radius 2 is 2.26 bits per heavy atom. The molecule has 0 aromatic carbocycles. The molecule has 1 saturated heterocycles. The lowest BCUT2D eigenvalue weighted by molar-refractivity contribution is -0.0183. The number of hydrogen-bond acceptors (Lipinski definition) is 6. The third kappa shape index (κ3) is 2.18. The first-order valence-corrected chi connectivity index (χ1v) is 6.63. The Bertz CT molecular complexity index is 638. The molecule has 10 nitrogen and oxygen atoms in total. The SMILES string of the molecule is O=C1N2CC(n3ccnn3)=C[C@H](C2)N1OS(=O)(=O)O. The van der Waals surface area contributed by atoms with Crippen LogP contribution in [0.3, 0.4) is 0 Å². The van der Waals surface area contributed by atoms with Crippen LogP contribution >= 0.6 is 0 Å². The zero-order valence-corrected chi connectivity index (χ0v) is 10.3. The molecule has 2 aliphatic heterocycles. The van der Waals surface area contributed by atoms with Crippen LogP contribution in [0, 0.1) is 0 Å². The highest BCUT2D eigenvalue weighted by atomic mass is 32.3. The average Bonchev–Trinajstić information content (AvgIpc) is 2.92. The fraction of sp³-hybridized carbons (Fsp3) is 0.375. The van der Waals surface area contributed by atoms with Crippen molar-refractivity contribution in [1.82, 2.24) is 25.0 Å². The minimum absolute atomic E-state index is 0.254. The van der Waals surface area contributed by atoms with Crippen molar-refractivity contribution in [3.63, 3.8) is 0 Å². The summed E-state index contributed by atoms with van der Waals surface area (Å²) in [5.74, 6) is 0. The van der Waals surface area contributed by atoms with Gasteiger partial charge >= 0.3 is 16.4 Å². The number of carbonyl (C=O) groups is 1. The second-order valence-electron chi connectivity index (χ2n) is 4.06. The number of nitrogens with zero attached hydrogens (tertiary/aromatic N) is 5. The first-order valence-electron chi connectivity index (χ1n) is 5.26. The highest BCUT2D eigenvalue weighted by molar-refractivity contribution is 7.80. The molecule has 1 aromatic rings. The molecule has 19 heavy (non-hydrogen) atoms. The van der Waals surface area contributed by atoms with E-state index in [0.717, 1.165) is 0 Å². The highest BCUT2D eigenvalue weighted by Gasteiger charge is 2.43. The smallest absolute Gasteiger partial charge is 0.314 e. The predicted molar refractivity (Wildman–Crippen MR) is 59.5 cm³/mol. The summed E-state index contributed by atoms with van der Waals surface area (Å²) in [5.41, 5.74) is 0.670. The van der Waals surface area contributed by atoms with Crippen molar-refractivity contribution in [3.8, 4) is 0 Å². The van der Waals surface area contributed by atoms with E-state index in [9.17, 15) is 13.2 Å². The van der Waals surface area contributed by atoms with Gasteiger partial charge in [0.1, 0.15) is 6.04 Å². The van der Waals surface area contributed by atoms with E-state index >= 15 is 0 Å². The molecular formula is C8H9N5O5S. The molecule has 2 bridgehead atoms. The first-order chi connectivity index (χ1) is 8.94. The number of hydrogen-bond donors (Lipinski definition) is 1. The molecular weight excluding hydrogens is 278 g/mol. The first kappa shape index (κ1) is 12.1. The topological polar surface area (TPSA) is 118 Å². The Morgan fingerprint density at radius 1 is 1.47 bits per heavy atom. The number of rotatable bonds is 3. The maximum atomic E-state index is 11.9. The van der Waals surface area contributed by atoms with E-state index in [-0.39, 0.29) is 13.1 Å². The van der Waals surface area contributed by atoms with Crippen LogP contribution < -0.4 is 0 Å². The van der Waals surface area contributed by atoms with E-state index in [1.54, 1.807) is 12.3 Å². The molecule has 1 aromatic heterocycles. The second-order valence-corrected chi connectivity index (χ2v) is 5.07. The van der Waals surface area contributed by atoms with Crippen molar-refractivity contribution < 1.29 is 22.0 Å². The standard InChI is InChI=1S/C8H9N5O5S/c14-8-11-4-6(12-2-1-9-10-12)3-7(5-11)13(8)18-19(15,16)17/h1-3,7H,4-5H2,(H,15,16,17)/t7-/m1/s1. The fourth-order valence-electron chi connectivity index (χ4n) is 2.08. The number of carbonyl (C=O) groups excluding carboxylic acids is 1. The monoisotopic (exact) mass is 287 g/mol. The largest absolute Gasteiger partial charge is 0.418 e. The van der Waals surface area contributed by atoms with E-state index in [4.69, 9.17) is 4.55 Å². The minimum Gasteiger partial charge on any atom is -0.314 e. The Hall–Kier alpha value is -1.98. The molecule has 0 unspecified atom stereocenters. The van der Waals surface area contributed by atoms with Crippen molar-refractivity contribution in [1.29, 1.82) is 0 Å². The lowest BCUT2D eigenvalue weighted by atomic mass is 10.2. The summed E-state index contributed by atoms with van der Waals surface area (Å²) in [6, 6.07) is -1.24. The molecule has 2 aliphatic rings. The Labute approximate surface area is 107 Å². The van der Waals surface area contributed by atoms with Crippen molar-refractivity contribution >= 4 is 22.1 Å². The van der Waals surface area contributed by atoms with Crippen molar-refractivity contribution in [2.75, 3.05) is 13.1 Å². The number of aromatic nitrogens is 3. The van der Waals surface area contributed by atoms with Gasteiger partial charge in [-0.15, -0.1) is 9.38 Å². The maximum Gasteiger partial charge on any atom is 0.418 e. The van der Waals surface area contributed by atoms with Gasteiger partial charge in [-0.25, -0.2) is 9.48 Å². The van der Waals surface area contributed by atoms with E-state index in [0.29, 0.717) is 10.8 Å². The molecule has 1 N–H and O–H groups in total. The third-order valence-corrected chi connectivity index (χ3v) is 3.15. The van der Waals surface area contributed by atoms with Crippen LogP contribution in [0.2, 0.25) is 0 Å². The van der Waals surface area contributed by atoms with Crippen molar-refractivity contribution in [2.24, 2.45) is 0 Å². The molecule has 0 saturated carbocycles. The van der Waals surface area contributed by atoms with Gasteiger partial charge in [0.05, 0.1) is 24.6 Å². The van der Waals surface area contributed by atoms with Crippen LogP contribution in [-0.2, 0) is 14.7 Å². The maximum absolute atomic E-state index is 11.9. The highest BCUT2D eigenvalue weighted by Crippen LogP contribution is 2.26. The fourth-order valence-corrected chi connectivity index (χ4v) is 2.46. The summed E-state index contributed by atoms with van der Waals surface area (Å²) in [6.45, 7) is 0.538. The number of hydroxylamine groups is 2. The van der Waals surface area contributed by atoms with Crippen LogP contribution in [0.25, 0.3) is 5.70 Å². The van der Waals surface area contributed by atoms with Gasteiger partial charge in [-0.2, -0.15) is 13.5 Å². The van der Waals surface area contributed by atoms with Gasteiger partial charge in [0.15, 0.2) is 0 Å². The molecule has 1 atom stereocenters. The van der Waals surface area contributed by atoms with Gasteiger partial charge in [0, 0.05) is 6.54 Å². The van der Waals surface area contributed by atoms with Gasteiger partial charge < -0.3 is 4.90 Å². The number of amides is 2. The van der Waals surface area contributed by atoms with Gasteiger partial charge in [0.2, 0.25) is 0 Å². The van der Waals surface area contributed by atoms with E-state index < -0.39 is 22.5 Å². The molecule has 11 heteroatoms. The molecule has 3 rings (SSSR count). The van der Waals surface area contributed by atoms with Crippen LogP contribution in [0.15, 0.2) is 18.5 Å². The molecule has 1 fully saturated rings. The average molecular weight is 287 g/mol. The Balaban J connectivity index is 1.90. The van der Waals surface area contributed by atoms with Crippen LogP contribution in [0.5, 0.6) is 0 Å². The van der Waals surface area contributed by atoms with Crippen LogP contribution in [0.4, 0.5) is 4.79 Å². The lowest BCUT2D eigenvalue weighted by Crippen LogP contribution is -2.35. The minimum atomic E-state index is -4.74.